The van der Waals surface area contributed by atoms with Gasteiger partial charge in [0, 0.05) is 13.1 Å². The Morgan fingerprint density at radius 2 is 2.00 bits per heavy atom. The average molecular weight is 181 g/mol. The zero-order valence-electron chi connectivity index (χ0n) is 7.33. The van der Waals surface area contributed by atoms with Crippen molar-refractivity contribution in [3.8, 4) is 0 Å². The minimum absolute atomic E-state index is 0.388. The van der Waals surface area contributed by atoms with E-state index in [1.807, 2.05) is 13.8 Å². The van der Waals surface area contributed by atoms with Crippen LogP contribution in [-0.2, 0) is 0 Å². The number of nitrogens with one attached hydrogen (secondary N) is 1. The van der Waals surface area contributed by atoms with E-state index in [-0.39, 0.29) is 0 Å². The van der Waals surface area contributed by atoms with Gasteiger partial charge in [0.25, 0.3) is 0 Å². The molecule has 0 saturated heterocycles. The molecule has 0 atom stereocenters. The maximum Gasteiger partial charge on any atom is 0.392 e. The summed E-state index contributed by atoms with van der Waals surface area (Å²) in [6, 6.07) is 0. The van der Waals surface area contributed by atoms with E-state index in [1.54, 1.807) is 6.08 Å². The summed E-state index contributed by atoms with van der Waals surface area (Å²) in [6.07, 6.45) is -3.22. The summed E-state index contributed by atoms with van der Waals surface area (Å²) in [6.45, 7) is 4.96. The molecule has 1 rings (SSSR count). The van der Waals surface area contributed by atoms with Crippen molar-refractivity contribution in [2.75, 3.05) is 13.1 Å². The summed E-state index contributed by atoms with van der Waals surface area (Å²) in [5, 5.41) is 2.80. The van der Waals surface area contributed by atoms with E-state index in [0.29, 0.717) is 18.7 Å². The van der Waals surface area contributed by atoms with Crippen LogP contribution in [0.1, 0.15) is 20.3 Å². The summed E-state index contributed by atoms with van der Waals surface area (Å²) in [4.78, 5) is 0. The molecule has 1 aliphatic heterocycles. The van der Waals surface area contributed by atoms with Crippen LogP contribution in [0.5, 0.6) is 0 Å². The van der Waals surface area contributed by atoms with Crippen molar-refractivity contribution in [1.29, 1.82) is 0 Å². The first kappa shape index (κ1) is 11.5. The molecule has 72 valence electrons. The number of halogens is 3. The van der Waals surface area contributed by atoms with Gasteiger partial charge in [-0.2, -0.15) is 13.2 Å². The number of alkyl halides is 3. The molecule has 0 amide bonds. The number of hydrogen-bond donors (Lipinski definition) is 1. The summed E-state index contributed by atoms with van der Waals surface area (Å²) in [7, 11) is 0. The molecule has 1 N–H and O–H groups in total. The molecule has 1 aliphatic rings. The number of rotatable bonds is 1. The molecular formula is C8H14F3N. The standard InChI is InChI=1S/C6H8F3N.C2H6/c7-6(8,9)3-5-1-2-10-4-5;1-2/h1,10H,2-4H2;1-2H3. The molecule has 12 heavy (non-hydrogen) atoms. The van der Waals surface area contributed by atoms with E-state index in [4.69, 9.17) is 0 Å². The fourth-order valence-corrected chi connectivity index (χ4v) is 0.914. The smallest absolute Gasteiger partial charge is 0.310 e. The van der Waals surface area contributed by atoms with Crippen molar-refractivity contribution in [3.63, 3.8) is 0 Å². The molecular weight excluding hydrogens is 167 g/mol. The lowest BCUT2D eigenvalue weighted by molar-refractivity contribution is -0.127. The molecule has 0 radical (unpaired) electrons. The highest BCUT2D eigenvalue weighted by molar-refractivity contribution is 5.11. The van der Waals surface area contributed by atoms with Gasteiger partial charge >= 0.3 is 6.18 Å². The van der Waals surface area contributed by atoms with Gasteiger partial charge in [-0.25, -0.2) is 0 Å². The first-order chi connectivity index (χ1) is 5.58. The van der Waals surface area contributed by atoms with Crippen LogP contribution in [0.25, 0.3) is 0 Å². The van der Waals surface area contributed by atoms with Gasteiger partial charge in [-0.05, 0) is 0 Å². The molecule has 0 aromatic rings. The largest absolute Gasteiger partial charge is 0.392 e. The van der Waals surface area contributed by atoms with Crippen LogP contribution in [0.15, 0.2) is 11.6 Å². The lowest BCUT2D eigenvalue weighted by Gasteiger charge is -2.05. The third kappa shape index (κ3) is 5.18. The highest BCUT2D eigenvalue weighted by atomic mass is 19.4. The molecule has 0 aromatic heterocycles. The van der Waals surface area contributed by atoms with Crippen LogP contribution in [0.2, 0.25) is 0 Å². The maximum absolute atomic E-state index is 11.6. The Balaban J connectivity index is 0.000000561. The van der Waals surface area contributed by atoms with E-state index in [2.05, 4.69) is 5.32 Å². The van der Waals surface area contributed by atoms with Crippen molar-refractivity contribution in [3.05, 3.63) is 11.6 Å². The van der Waals surface area contributed by atoms with E-state index in [0.717, 1.165) is 0 Å². The summed E-state index contributed by atoms with van der Waals surface area (Å²) in [5.41, 5.74) is 0.451. The van der Waals surface area contributed by atoms with E-state index in [1.165, 1.54) is 0 Å². The predicted molar refractivity (Wildman–Crippen MR) is 43.0 cm³/mol. The van der Waals surface area contributed by atoms with E-state index >= 15 is 0 Å². The molecule has 0 bridgehead atoms. The van der Waals surface area contributed by atoms with Gasteiger partial charge < -0.3 is 5.32 Å². The van der Waals surface area contributed by atoms with Crippen LogP contribution in [0.3, 0.4) is 0 Å². The van der Waals surface area contributed by atoms with Crippen LogP contribution in [0, 0.1) is 0 Å². The Hall–Kier alpha value is -0.510. The first-order valence-corrected chi connectivity index (χ1v) is 4.03. The highest BCUT2D eigenvalue weighted by Crippen LogP contribution is 2.24. The van der Waals surface area contributed by atoms with Crippen molar-refractivity contribution < 1.29 is 13.2 Å². The normalized spacial score (nSPS) is 16.6. The van der Waals surface area contributed by atoms with E-state index < -0.39 is 12.6 Å². The second-order valence-corrected chi connectivity index (χ2v) is 2.29. The fourth-order valence-electron chi connectivity index (χ4n) is 0.914. The maximum atomic E-state index is 11.6. The van der Waals surface area contributed by atoms with Crippen molar-refractivity contribution in [1.82, 2.24) is 5.32 Å². The second kappa shape index (κ2) is 5.19. The van der Waals surface area contributed by atoms with Gasteiger partial charge in [0.1, 0.15) is 0 Å². The fraction of sp³-hybridized carbons (Fsp3) is 0.750. The van der Waals surface area contributed by atoms with Crippen LogP contribution in [-0.4, -0.2) is 19.3 Å². The van der Waals surface area contributed by atoms with E-state index in [9.17, 15) is 13.2 Å². The zero-order valence-corrected chi connectivity index (χ0v) is 7.33. The third-order valence-corrected chi connectivity index (χ3v) is 1.31. The molecule has 1 heterocycles. The number of hydrogen-bond acceptors (Lipinski definition) is 1. The van der Waals surface area contributed by atoms with Crippen LogP contribution < -0.4 is 5.32 Å². The predicted octanol–water partition coefficient (Wildman–Crippen LogP) is 2.49. The van der Waals surface area contributed by atoms with Gasteiger partial charge in [-0.15, -0.1) is 0 Å². The SMILES string of the molecule is CC.FC(F)(F)CC1=CCNC1. The van der Waals surface area contributed by atoms with Crippen LogP contribution in [0.4, 0.5) is 13.2 Å². The molecule has 1 nitrogen and oxygen atoms in total. The topological polar surface area (TPSA) is 12.0 Å². The van der Waals surface area contributed by atoms with Crippen molar-refractivity contribution in [2.24, 2.45) is 0 Å². The highest BCUT2D eigenvalue weighted by Gasteiger charge is 2.29. The summed E-state index contributed by atoms with van der Waals surface area (Å²) >= 11 is 0. The lowest BCUT2D eigenvalue weighted by atomic mass is 10.2. The average Bonchev–Trinajstić information content (AvgIpc) is 2.41. The monoisotopic (exact) mass is 181 g/mol. The quantitative estimate of drug-likeness (QED) is 0.613. The Morgan fingerprint density at radius 1 is 1.42 bits per heavy atom. The van der Waals surface area contributed by atoms with Gasteiger partial charge in [0.15, 0.2) is 0 Å². The summed E-state index contributed by atoms with van der Waals surface area (Å²) in [5.74, 6) is 0. The minimum Gasteiger partial charge on any atom is -0.310 e. The Morgan fingerprint density at radius 3 is 2.33 bits per heavy atom. The molecule has 0 fully saturated rings. The molecule has 4 heteroatoms. The summed E-state index contributed by atoms with van der Waals surface area (Å²) < 4.78 is 34.9. The van der Waals surface area contributed by atoms with Gasteiger partial charge in [-0.1, -0.05) is 25.5 Å². The minimum atomic E-state index is -4.04. The Bertz CT molecular complexity index is 149. The van der Waals surface area contributed by atoms with Crippen LogP contribution >= 0.6 is 0 Å². The lowest BCUT2D eigenvalue weighted by Crippen LogP contribution is -2.13. The Labute approximate surface area is 70.7 Å². The molecule has 0 saturated carbocycles. The van der Waals surface area contributed by atoms with Crippen molar-refractivity contribution >= 4 is 0 Å². The third-order valence-electron chi connectivity index (χ3n) is 1.31. The van der Waals surface area contributed by atoms with Gasteiger partial charge in [0.05, 0.1) is 6.42 Å². The first-order valence-electron chi connectivity index (χ1n) is 4.03. The van der Waals surface area contributed by atoms with Crippen molar-refractivity contribution in [2.45, 2.75) is 26.4 Å². The molecule has 0 aliphatic carbocycles. The zero-order chi connectivity index (χ0) is 9.61. The van der Waals surface area contributed by atoms with Gasteiger partial charge in [-0.3, -0.25) is 0 Å². The second-order valence-electron chi connectivity index (χ2n) is 2.29. The molecule has 0 aromatic carbocycles. The Kier molecular flexibility index (Phi) is 4.97. The molecule has 0 unspecified atom stereocenters. The molecule has 0 spiro atoms. The van der Waals surface area contributed by atoms with Gasteiger partial charge in [0.2, 0.25) is 0 Å².